The smallest absolute Gasteiger partial charge is 0.240 e. The van der Waals surface area contributed by atoms with E-state index in [1.54, 1.807) is 31.3 Å². The molecule has 7 heteroatoms. The number of hydrogen-bond donors (Lipinski definition) is 3. The van der Waals surface area contributed by atoms with Gasteiger partial charge < -0.3 is 10.6 Å². The summed E-state index contributed by atoms with van der Waals surface area (Å²) < 4.78 is 25.5. The molecule has 1 rings (SSSR count). The van der Waals surface area contributed by atoms with Crippen LogP contribution in [0.2, 0.25) is 0 Å². The first-order valence-electron chi connectivity index (χ1n) is 7.00. The van der Waals surface area contributed by atoms with Gasteiger partial charge in [0.15, 0.2) is 5.96 Å². The van der Waals surface area contributed by atoms with Gasteiger partial charge in [0.25, 0.3) is 0 Å². The average Bonchev–Trinajstić information content (AvgIpc) is 2.51. The van der Waals surface area contributed by atoms with E-state index in [2.05, 4.69) is 27.3 Å². The predicted octanol–water partition coefficient (Wildman–Crippen LogP) is 1.06. The zero-order valence-electron chi connectivity index (χ0n) is 12.8. The molecule has 21 heavy (non-hydrogen) atoms. The summed E-state index contributed by atoms with van der Waals surface area (Å²) in [6.45, 7) is 3.61. The Labute approximate surface area is 127 Å². The van der Waals surface area contributed by atoms with Gasteiger partial charge in [-0.2, -0.15) is 0 Å². The SMILES string of the molecule is CCCCNC(=NC)NCc1ccc(S(=O)(=O)NC)cc1. The van der Waals surface area contributed by atoms with Crippen molar-refractivity contribution >= 4 is 16.0 Å². The molecular formula is C14H24N4O2S. The summed E-state index contributed by atoms with van der Waals surface area (Å²) in [7, 11) is -0.247. The van der Waals surface area contributed by atoms with Gasteiger partial charge in [-0.25, -0.2) is 13.1 Å². The van der Waals surface area contributed by atoms with E-state index in [1.165, 1.54) is 7.05 Å². The largest absolute Gasteiger partial charge is 0.356 e. The van der Waals surface area contributed by atoms with Crippen molar-refractivity contribution in [1.29, 1.82) is 0 Å². The molecule has 0 aliphatic rings. The molecule has 3 N–H and O–H groups in total. The lowest BCUT2D eigenvalue weighted by atomic mass is 10.2. The summed E-state index contributed by atoms with van der Waals surface area (Å²) in [6, 6.07) is 6.76. The fourth-order valence-corrected chi connectivity index (χ4v) is 2.42. The van der Waals surface area contributed by atoms with Crippen LogP contribution in [0.15, 0.2) is 34.2 Å². The van der Waals surface area contributed by atoms with Crippen LogP contribution < -0.4 is 15.4 Å². The van der Waals surface area contributed by atoms with Crippen LogP contribution in [0.4, 0.5) is 0 Å². The number of sulfonamides is 1. The molecule has 118 valence electrons. The molecule has 0 atom stereocenters. The Kier molecular flexibility index (Phi) is 7.18. The van der Waals surface area contributed by atoms with Crippen molar-refractivity contribution < 1.29 is 8.42 Å². The van der Waals surface area contributed by atoms with Gasteiger partial charge in [0.05, 0.1) is 4.90 Å². The second kappa shape index (κ2) is 8.63. The monoisotopic (exact) mass is 312 g/mol. The Morgan fingerprint density at radius 2 is 1.86 bits per heavy atom. The molecule has 0 aliphatic carbocycles. The fraction of sp³-hybridized carbons (Fsp3) is 0.500. The van der Waals surface area contributed by atoms with Crippen molar-refractivity contribution in [2.24, 2.45) is 4.99 Å². The Bertz CT molecular complexity index is 553. The van der Waals surface area contributed by atoms with Crippen molar-refractivity contribution in [2.45, 2.75) is 31.2 Å². The summed E-state index contributed by atoms with van der Waals surface area (Å²) >= 11 is 0. The zero-order valence-corrected chi connectivity index (χ0v) is 13.6. The van der Waals surface area contributed by atoms with Gasteiger partial charge in [0, 0.05) is 20.1 Å². The van der Waals surface area contributed by atoms with E-state index < -0.39 is 10.0 Å². The lowest BCUT2D eigenvalue weighted by Gasteiger charge is -2.11. The third-order valence-electron chi connectivity index (χ3n) is 3.01. The Balaban J connectivity index is 2.56. The van der Waals surface area contributed by atoms with Gasteiger partial charge in [0.2, 0.25) is 10.0 Å². The van der Waals surface area contributed by atoms with Crippen LogP contribution in [0.5, 0.6) is 0 Å². The average molecular weight is 312 g/mol. The predicted molar refractivity (Wildman–Crippen MR) is 85.8 cm³/mol. The molecular weight excluding hydrogens is 288 g/mol. The first kappa shape index (κ1) is 17.5. The van der Waals surface area contributed by atoms with E-state index in [0.29, 0.717) is 6.54 Å². The molecule has 0 unspecified atom stereocenters. The molecule has 0 spiro atoms. The highest BCUT2D eigenvalue weighted by Gasteiger charge is 2.10. The summed E-state index contributed by atoms with van der Waals surface area (Å²) in [5.41, 5.74) is 0.989. The molecule has 0 bridgehead atoms. The number of benzene rings is 1. The maximum Gasteiger partial charge on any atom is 0.240 e. The number of guanidine groups is 1. The van der Waals surface area contributed by atoms with Crippen molar-refractivity contribution in [3.8, 4) is 0 Å². The van der Waals surface area contributed by atoms with Crippen LogP contribution in [0, 0.1) is 0 Å². The summed E-state index contributed by atoms with van der Waals surface area (Å²) in [4.78, 5) is 4.40. The van der Waals surface area contributed by atoms with Gasteiger partial charge >= 0.3 is 0 Å². The van der Waals surface area contributed by atoms with Crippen LogP contribution >= 0.6 is 0 Å². The lowest BCUT2D eigenvalue weighted by molar-refractivity contribution is 0.588. The summed E-state index contributed by atoms with van der Waals surface area (Å²) in [5.74, 6) is 0.746. The molecule has 0 saturated heterocycles. The van der Waals surface area contributed by atoms with Gasteiger partial charge in [0.1, 0.15) is 0 Å². The second-order valence-corrected chi connectivity index (χ2v) is 6.44. The van der Waals surface area contributed by atoms with E-state index in [-0.39, 0.29) is 4.90 Å². The Morgan fingerprint density at radius 3 is 2.38 bits per heavy atom. The second-order valence-electron chi connectivity index (χ2n) is 4.56. The Morgan fingerprint density at radius 1 is 1.19 bits per heavy atom. The molecule has 1 aromatic rings. The lowest BCUT2D eigenvalue weighted by Crippen LogP contribution is -2.37. The summed E-state index contributed by atoms with van der Waals surface area (Å²) in [5, 5.41) is 6.41. The number of hydrogen-bond acceptors (Lipinski definition) is 3. The van der Waals surface area contributed by atoms with Crippen LogP contribution in [-0.2, 0) is 16.6 Å². The minimum Gasteiger partial charge on any atom is -0.356 e. The summed E-state index contributed by atoms with van der Waals surface area (Å²) in [6.07, 6.45) is 2.22. The van der Waals surface area contributed by atoms with Gasteiger partial charge in [-0.05, 0) is 31.2 Å². The first-order chi connectivity index (χ1) is 10.0. The highest BCUT2D eigenvalue weighted by atomic mass is 32.2. The van der Waals surface area contributed by atoms with E-state index in [4.69, 9.17) is 0 Å². The van der Waals surface area contributed by atoms with E-state index >= 15 is 0 Å². The molecule has 0 fully saturated rings. The van der Waals surface area contributed by atoms with Gasteiger partial charge in [-0.1, -0.05) is 25.5 Å². The molecule has 0 heterocycles. The number of aliphatic imine (C=N–C) groups is 1. The highest BCUT2D eigenvalue weighted by molar-refractivity contribution is 7.89. The third-order valence-corrected chi connectivity index (χ3v) is 4.44. The van der Waals surface area contributed by atoms with Crippen LogP contribution in [0.1, 0.15) is 25.3 Å². The maximum atomic E-state index is 11.6. The fourth-order valence-electron chi connectivity index (χ4n) is 1.69. The molecule has 1 aromatic carbocycles. The molecule has 0 aliphatic heterocycles. The van der Waals surface area contributed by atoms with Crippen LogP contribution in [-0.4, -0.2) is 35.0 Å². The normalized spacial score (nSPS) is 12.2. The molecule has 0 amide bonds. The van der Waals surface area contributed by atoms with Gasteiger partial charge in [-0.15, -0.1) is 0 Å². The quantitative estimate of drug-likeness (QED) is 0.399. The molecule has 6 nitrogen and oxygen atoms in total. The maximum absolute atomic E-state index is 11.6. The molecule has 0 saturated carbocycles. The molecule has 0 radical (unpaired) electrons. The molecule has 0 aromatic heterocycles. The van der Waals surface area contributed by atoms with E-state index in [9.17, 15) is 8.42 Å². The number of nitrogens with one attached hydrogen (secondary N) is 3. The van der Waals surface area contributed by atoms with Crippen molar-refractivity contribution in [1.82, 2.24) is 15.4 Å². The standard InChI is InChI=1S/C14H24N4O2S/c1-4-5-10-17-14(15-2)18-11-12-6-8-13(9-7-12)21(19,20)16-3/h6-9,16H,4-5,10-11H2,1-3H3,(H2,15,17,18). The van der Waals surface area contributed by atoms with Crippen molar-refractivity contribution in [3.63, 3.8) is 0 Å². The zero-order chi connectivity index (χ0) is 15.7. The van der Waals surface area contributed by atoms with E-state index in [1.807, 2.05) is 0 Å². The van der Waals surface area contributed by atoms with Crippen LogP contribution in [0.3, 0.4) is 0 Å². The van der Waals surface area contributed by atoms with Crippen LogP contribution in [0.25, 0.3) is 0 Å². The first-order valence-corrected chi connectivity index (χ1v) is 8.48. The highest BCUT2D eigenvalue weighted by Crippen LogP contribution is 2.09. The minimum absolute atomic E-state index is 0.263. The van der Waals surface area contributed by atoms with Crippen molar-refractivity contribution in [2.75, 3.05) is 20.6 Å². The topological polar surface area (TPSA) is 82.6 Å². The minimum atomic E-state index is -3.37. The number of rotatable bonds is 7. The van der Waals surface area contributed by atoms with Gasteiger partial charge in [-0.3, -0.25) is 4.99 Å². The van der Waals surface area contributed by atoms with Crippen molar-refractivity contribution in [3.05, 3.63) is 29.8 Å². The van der Waals surface area contributed by atoms with E-state index in [0.717, 1.165) is 30.9 Å². The third kappa shape index (κ3) is 5.73. The number of nitrogens with zero attached hydrogens (tertiary/aromatic N) is 1. The number of unbranched alkanes of at least 4 members (excludes halogenated alkanes) is 1. The Hall–Kier alpha value is -1.60.